The number of carboxylic acids is 2. The number of amides is 3. The Morgan fingerprint density at radius 3 is 2.40 bits per heavy atom. The molecule has 2 heterocycles. The lowest BCUT2D eigenvalue weighted by atomic mass is 10.0. The van der Waals surface area contributed by atoms with Gasteiger partial charge in [0, 0.05) is 18.3 Å². The highest BCUT2D eigenvalue weighted by atomic mass is 32.1. The molecule has 0 fully saturated rings. The molecule has 3 amide bonds. The minimum Gasteiger partial charge on any atom is -0.478 e. The van der Waals surface area contributed by atoms with E-state index in [1.54, 1.807) is 13.8 Å². The van der Waals surface area contributed by atoms with Crippen LogP contribution in [0.4, 0.5) is 5.00 Å². The molecule has 0 bridgehead atoms. The van der Waals surface area contributed by atoms with Crippen LogP contribution in [0, 0.1) is 5.92 Å². The summed E-state index contributed by atoms with van der Waals surface area (Å²) in [7, 11) is 0. The Labute approximate surface area is 175 Å². The molecule has 164 valence electrons. The zero-order valence-electron chi connectivity index (χ0n) is 16.6. The fraction of sp³-hybridized carbons (Fsp3) is 0.500. The Kier molecular flexibility index (Phi) is 7.51. The van der Waals surface area contributed by atoms with E-state index in [0.29, 0.717) is 10.4 Å². The van der Waals surface area contributed by atoms with E-state index in [1.807, 2.05) is 0 Å². The normalized spacial score (nSPS) is 16.3. The fourth-order valence-corrected chi connectivity index (χ4v) is 4.34. The Balaban J connectivity index is 2.23. The molecule has 0 saturated carbocycles. The summed E-state index contributed by atoms with van der Waals surface area (Å²) >= 11 is 0.899. The largest absolute Gasteiger partial charge is 0.478 e. The first-order chi connectivity index (χ1) is 14.0. The van der Waals surface area contributed by atoms with Crippen molar-refractivity contribution < 1.29 is 38.9 Å². The van der Waals surface area contributed by atoms with Crippen LogP contribution in [0.1, 0.15) is 47.7 Å². The summed E-state index contributed by atoms with van der Waals surface area (Å²) in [6, 6.07) is -0.742. The standard InChI is InChI=1S/C18H23N3O8S/c1-7(2)12(20-8(3)22)14(23)19-6-10-13-9(4-5-29-10)11(17(25)26)16(30-13)21-15(24)18(27)28/h7,10,12H,4-6H2,1-3H3,(H,19,23)(H,20,22)(H,21,24)(H,25,26)(H,27,28). The summed E-state index contributed by atoms with van der Waals surface area (Å²) in [5, 5.41) is 25.6. The quantitative estimate of drug-likeness (QED) is 0.377. The zero-order valence-corrected chi connectivity index (χ0v) is 17.4. The summed E-state index contributed by atoms with van der Waals surface area (Å²) in [5.74, 6) is -5.31. The molecule has 5 N–H and O–H groups in total. The van der Waals surface area contributed by atoms with Gasteiger partial charge < -0.3 is 30.9 Å². The molecule has 0 radical (unpaired) electrons. The lowest BCUT2D eigenvalue weighted by Gasteiger charge is -2.26. The average Bonchev–Trinajstić information content (AvgIpc) is 3.02. The minimum absolute atomic E-state index is 0.0144. The number of nitrogens with one attached hydrogen (secondary N) is 3. The molecule has 1 aromatic heterocycles. The van der Waals surface area contributed by atoms with Gasteiger partial charge in [-0.2, -0.15) is 0 Å². The molecule has 0 aliphatic carbocycles. The van der Waals surface area contributed by atoms with E-state index in [1.165, 1.54) is 6.92 Å². The Morgan fingerprint density at radius 1 is 1.20 bits per heavy atom. The van der Waals surface area contributed by atoms with Gasteiger partial charge >= 0.3 is 17.8 Å². The van der Waals surface area contributed by atoms with Crippen LogP contribution >= 0.6 is 11.3 Å². The van der Waals surface area contributed by atoms with E-state index in [0.717, 1.165) is 11.3 Å². The minimum atomic E-state index is -1.74. The molecule has 11 nitrogen and oxygen atoms in total. The van der Waals surface area contributed by atoms with Gasteiger partial charge in [0.2, 0.25) is 11.8 Å². The molecule has 2 unspecified atom stereocenters. The van der Waals surface area contributed by atoms with Crippen molar-refractivity contribution in [2.45, 2.75) is 39.3 Å². The number of hydrogen-bond donors (Lipinski definition) is 5. The molecule has 0 saturated heterocycles. The number of anilines is 1. The van der Waals surface area contributed by atoms with Gasteiger partial charge in [-0.25, -0.2) is 9.59 Å². The fourth-order valence-electron chi connectivity index (χ4n) is 3.05. The number of carbonyl (C=O) groups is 5. The highest BCUT2D eigenvalue weighted by molar-refractivity contribution is 7.17. The van der Waals surface area contributed by atoms with Gasteiger partial charge in [0.05, 0.1) is 12.2 Å². The number of rotatable bonds is 7. The summed E-state index contributed by atoms with van der Waals surface area (Å²) < 4.78 is 5.66. The van der Waals surface area contributed by atoms with E-state index in [9.17, 15) is 29.1 Å². The van der Waals surface area contributed by atoms with Crippen LogP contribution in [-0.4, -0.2) is 59.1 Å². The van der Waals surface area contributed by atoms with Crippen LogP contribution in [0.5, 0.6) is 0 Å². The van der Waals surface area contributed by atoms with E-state index < -0.39 is 35.9 Å². The predicted octanol–water partition coefficient (Wildman–Crippen LogP) is 0.360. The molecule has 0 spiro atoms. The maximum Gasteiger partial charge on any atom is 0.394 e. The van der Waals surface area contributed by atoms with Crippen LogP contribution in [-0.2, 0) is 30.3 Å². The molecule has 12 heteroatoms. The van der Waals surface area contributed by atoms with Crippen LogP contribution in [0.3, 0.4) is 0 Å². The van der Waals surface area contributed by atoms with Gasteiger partial charge in [-0.1, -0.05) is 13.8 Å². The third kappa shape index (κ3) is 5.33. The molecule has 30 heavy (non-hydrogen) atoms. The molecule has 2 rings (SSSR count). The van der Waals surface area contributed by atoms with Crippen molar-refractivity contribution in [1.29, 1.82) is 0 Å². The maximum absolute atomic E-state index is 12.5. The number of hydrogen-bond acceptors (Lipinski definition) is 7. The van der Waals surface area contributed by atoms with Gasteiger partial charge in [-0.3, -0.25) is 14.4 Å². The number of aliphatic carboxylic acids is 1. The number of ether oxygens (including phenoxy) is 1. The van der Waals surface area contributed by atoms with Gasteiger partial charge in [-0.15, -0.1) is 11.3 Å². The number of thiophene rings is 1. The van der Waals surface area contributed by atoms with Crippen molar-refractivity contribution in [2.75, 3.05) is 18.5 Å². The highest BCUT2D eigenvalue weighted by Gasteiger charge is 2.33. The van der Waals surface area contributed by atoms with Crippen molar-refractivity contribution in [3.63, 3.8) is 0 Å². The summed E-state index contributed by atoms with van der Waals surface area (Å²) in [6.45, 7) is 5.08. The van der Waals surface area contributed by atoms with E-state index in [4.69, 9.17) is 9.84 Å². The molecule has 1 aromatic rings. The Bertz CT molecular complexity index is 879. The van der Waals surface area contributed by atoms with Crippen molar-refractivity contribution in [3.8, 4) is 0 Å². The van der Waals surface area contributed by atoms with Gasteiger partial charge in [0.15, 0.2) is 0 Å². The first-order valence-corrected chi connectivity index (χ1v) is 9.94. The second-order valence-electron chi connectivity index (χ2n) is 6.99. The van der Waals surface area contributed by atoms with Crippen LogP contribution < -0.4 is 16.0 Å². The first-order valence-electron chi connectivity index (χ1n) is 9.12. The van der Waals surface area contributed by atoms with Crippen LogP contribution in [0.15, 0.2) is 0 Å². The average molecular weight is 441 g/mol. The van der Waals surface area contributed by atoms with Gasteiger partial charge in [0.1, 0.15) is 17.1 Å². The van der Waals surface area contributed by atoms with Gasteiger partial charge in [-0.05, 0) is 17.9 Å². The molecule has 0 aromatic carbocycles. The molecule has 1 aliphatic heterocycles. The van der Waals surface area contributed by atoms with Crippen LogP contribution in [0.2, 0.25) is 0 Å². The molecular formula is C18H23N3O8S. The van der Waals surface area contributed by atoms with Crippen molar-refractivity contribution >= 4 is 46.0 Å². The van der Waals surface area contributed by atoms with Crippen molar-refractivity contribution in [3.05, 3.63) is 16.0 Å². The highest BCUT2D eigenvalue weighted by Crippen LogP contribution is 2.41. The zero-order chi connectivity index (χ0) is 22.6. The Hall–Kier alpha value is -2.99. The third-order valence-corrected chi connectivity index (χ3v) is 5.65. The lowest BCUT2D eigenvalue weighted by Crippen LogP contribution is -2.50. The van der Waals surface area contributed by atoms with E-state index in [-0.39, 0.29) is 42.0 Å². The maximum atomic E-state index is 12.5. The molecule has 2 atom stereocenters. The summed E-state index contributed by atoms with van der Waals surface area (Å²) in [5.41, 5.74) is 0.253. The van der Waals surface area contributed by atoms with Gasteiger partial charge in [0.25, 0.3) is 0 Å². The number of fused-ring (bicyclic) bond motifs is 1. The number of carbonyl (C=O) groups excluding carboxylic acids is 3. The second-order valence-corrected chi connectivity index (χ2v) is 8.04. The summed E-state index contributed by atoms with van der Waals surface area (Å²) in [6.07, 6.45) is -0.414. The Morgan fingerprint density at radius 2 is 1.87 bits per heavy atom. The molecule has 1 aliphatic rings. The lowest BCUT2D eigenvalue weighted by molar-refractivity contribution is -0.147. The smallest absolute Gasteiger partial charge is 0.394 e. The van der Waals surface area contributed by atoms with E-state index in [2.05, 4.69) is 16.0 Å². The number of carboxylic acid groups (broad SMARTS) is 2. The molecular weight excluding hydrogens is 418 g/mol. The van der Waals surface area contributed by atoms with E-state index >= 15 is 0 Å². The monoisotopic (exact) mass is 441 g/mol. The number of aromatic carboxylic acids is 1. The topological polar surface area (TPSA) is 171 Å². The second kappa shape index (κ2) is 9.67. The van der Waals surface area contributed by atoms with Crippen LogP contribution in [0.25, 0.3) is 0 Å². The van der Waals surface area contributed by atoms with Crippen molar-refractivity contribution in [1.82, 2.24) is 10.6 Å². The SMILES string of the molecule is CC(=O)NC(C(=O)NCC1OCCc2c1sc(NC(=O)C(=O)O)c2C(=O)O)C(C)C. The predicted molar refractivity (Wildman–Crippen MR) is 105 cm³/mol. The third-order valence-electron chi connectivity index (χ3n) is 4.41. The summed E-state index contributed by atoms with van der Waals surface area (Å²) in [4.78, 5) is 58.3. The van der Waals surface area contributed by atoms with Crippen molar-refractivity contribution in [2.24, 2.45) is 5.92 Å². The first kappa shape index (κ1) is 23.3.